The summed E-state index contributed by atoms with van der Waals surface area (Å²) in [5.74, 6) is -0.916. The molecule has 0 heterocycles. The van der Waals surface area contributed by atoms with E-state index in [2.05, 4.69) is 16.1 Å². The van der Waals surface area contributed by atoms with Gasteiger partial charge in [-0.2, -0.15) is 0 Å². The second kappa shape index (κ2) is 5.11. The minimum Gasteiger partial charge on any atom is -0.465 e. The van der Waals surface area contributed by atoms with Crippen LogP contribution in [0.5, 0.6) is 0 Å². The summed E-state index contributed by atoms with van der Waals surface area (Å²) in [4.78, 5) is 22.3. The molecule has 1 rings (SSSR count). The molecule has 0 saturated carbocycles. The SMILES string of the molecule is C=C(C(=O)OC)c1ccc(C(=O)OC)cc1. The Morgan fingerprint density at radius 2 is 1.50 bits per heavy atom. The van der Waals surface area contributed by atoms with Gasteiger partial charge in [-0.15, -0.1) is 0 Å². The number of carbonyl (C=O) groups excluding carboxylic acids is 2. The number of methoxy groups -OCH3 is 2. The predicted octanol–water partition coefficient (Wildman–Crippen LogP) is 1.66. The maximum Gasteiger partial charge on any atom is 0.337 e. The fourth-order valence-corrected chi connectivity index (χ4v) is 1.17. The molecule has 1 aromatic rings. The van der Waals surface area contributed by atoms with Gasteiger partial charge in [-0.3, -0.25) is 0 Å². The molecule has 0 aliphatic carbocycles. The second-order valence-electron chi connectivity index (χ2n) is 3.04. The molecule has 1 aromatic carbocycles. The first kappa shape index (κ1) is 12.0. The molecule has 0 aliphatic heterocycles. The lowest BCUT2D eigenvalue weighted by Gasteiger charge is -2.04. The van der Waals surface area contributed by atoms with Crippen LogP contribution in [0.3, 0.4) is 0 Å². The first-order valence-corrected chi connectivity index (χ1v) is 4.56. The number of esters is 2. The van der Waals surface area contributed by atoms with Gasteiger partial charge in [0.1, 0.15) is 0 Å². The van der Waals surface area contributed by atoms with Gasteiger partial charge in [0.15, 0.2) is 0 Å². The molecule has 0 fully saturated rings. The van der Waals surface area contributed by atoms with Gasteiger partial charge >= 0.3 is 11.9 Å². The van der Waals surface area contributed by atoms with Gasteiger partial charge < -0.3 is 9.47 Å². The maximum atomic E-state index is 11.2. The summed E-state index contributed by atoms with van der Waals surface area (Å²) in [6.07, 6.45) is 0. The Morgan fingerprint density at radius 1 is 1.00 bits per heavy atom. The molecule has 0 aliphatic rings. The van der Waals surface area contributed by atoms with Crippen molar-refractivity contribution in [2.24, 2.45) is 0 Å². The molecular formula is C12H12O4. The average Bonchev–Trinajstić information content (AvgIpc) is 2.36. The molecule has 0 amide bonds. The fourth-order valence-electron chi connectivity index (χ4n) is 1.17. The number of hydrogen-bond acceptors (Lipinski definition) is 4. The highest BCUT2D eigenvalue weighted by Gasteiger charge is 2.10. The van der Waals surface area contributed by atoms with Crippen molar-refractivity contribution in [3.05, 3.63) is 42.0 Å². The maximum absolute atomic E-state index is 11.2. The number of benzene rings is 1. The lowest BCUT2D eigenvalue weighted by molar-refractivity contribution is -0.133. The van der Waals surface area contributed by atoms with Crippen molar-refractivity contribution in [3.63, 3.8) is 0 Å². The Labute approximate surface area is 93.5 Å². The normalized spacial score (nSPS) is 9.38. The fraction of sp³-hybridized carbons (Fsp3) is 0.167. The van der Waals surface area contributed by atoms with Gasteiger partial charge in [0, 0.05) is 0 Å². The third-order valence-electron chi connectivity index (χ3n) is 2.09. The number of rotatable bonds is 3. The summed E-state index contributed by atoms with van der Waals surface area (Å²) in [5.41, 5.74) is 1.28. The Hall–Kier alpha value is -2.10. The summed E-state index contributed by atoms with van der Waals surface area (Å²) >= 11 is 0. The van der Waals surface area contributed by atoms with Crippen molar-refractivity contribution in [2.45, 2.75) is 0 Å². The highest BCUT2D eigenvalue weighted by Crippen LogP contribution is 2.15. The smallest absolute Gasteiger partial charge is 0.337 e. The molecule has 0 radical (unpaired) electrons. The lowest BCUT2D eigenvalue weighted by atomic mass is 10.1. The van der Waals surface area contributed by atoms with E-state index in [1.54, 1.807) is 24.3 Å². The van der Waals surface area contributed by atoms with Gasteiger partial charge in [0.25, 0.3) is 0 Å². The lowest BCUT2D eigenvalue weighted by Crippen LogP contribution is -2.04. The molecule has 0 unspecified atom stereocenters. The third kappa shape index (κ3) is 2.48. The Bertz CT molecular complexity index is 417. The Kier molecular flexibility index (Phi) is 3.83. The zero-order valence-corrected chi connectivity index (χ0v) is 9.15. The van der Waals surface area contributed by atoms with Crippen LogP contribution in [0, 0.1) is 0 Å². The predicted molar refractivity (Wildman–Crippen MR) is 58.8 cm³/mol. The molecule has 84 valence electrons. The van der Waals surface area contributed by atoms with Crippen LogP contribution in [0.15, 0.2) is 30.8 Å². The standard InChI is InChI=1S/C12H12O4/c1-8(11(13)15-2)9-4-6-10(7-5-9)12(14)16-3/h4-7H,1H2,2-3H3. The number of hydrogen-bond donors (Lipinski definition) is 0. The van der Waals surface area contributed by atoms with E-state index in [0.29, 0.717) is 11.1 Å². The minimum absolute atomic E-state index is 0.249. The van der Waals surface area contributed by atoms with Crippen LogP contribution in [-0.2, 0) is 14.3 Å². The Morgan fingerprint density at radius 3 is 1.94 bits per heavy atom. The van der Waals surface area contributed by atoms with Crippen molar-refractivity contribution in [2.75, 3.05) is 14.2 Å². The molecular weight excluding hydrogens is 208 g/mol. The van der Waals surface area contributed by atoms with Crippen LogP contribution in [0.25, 0.3) is 5.57 Å². The second-order valence-corrected chi connectivity index (χ2v) is 3.04. The zero-order chi connectivity index (χ0) is 12.1. The summed E-state index contributed by atoms with van der Waals surface area (Å²) in [6, 6.07) is 6.36. The van der Waals surface area contributed by atoms with E-state index >= 15 is 0 Å². The molecule has 0 saturated heterocycles. The Balaban J connectivity index is 2.91. The summed E-state index contributed by atoms with van der Waals surface area (Å²) < 4.78 is 9.09. The van der Waals surface area contributed by atoms with Crippen LogP contribution in [-0.4, -0.2) is 26.2 Å². The topological polar surface area (TPSA) is 52.6 Å². The molecule has 0 bridgehead atoms. The van der Waals surface area contributed by atoms with Gasteiger partial charge in [-0.25, -0.2) is 9.59 Å². The van der Waals surface area contributed by atoms with Crippen molar-refractivity contribution < 1.29 is 19.1 Å². The zero-order valence-electron chi connectivity index (χ0n) is 9.15. The summed E-state index contributed by atoms with van der Waals surface area (Å²) in [7, 11) is 2.60. The quantitative estimate of drug-likeness (QED) is 0.574. The largest absolute Gasteiger partial charge is 0.465 e. The van der Waals surface area contributed by atoms with E-state index in [4.69, 9.17) is 0 Å². The average molecular weight is 220 g/mol. The van der Waals surface area contributed by atoms with Gasteiger partial charge in [-0.05, 0) is 17.7 Å². The van der Waals surface area contributed by atoms with Crippen molar-refractivity contribution >= 4 is 17.5 Å². The van der Waals surface area contributed by atoms with E-state index in [1.807, 2.05) is 0 Å². The van der Waals surface area contributed by atoms with Crippen LogP contribution in [0.2, 0.25) is 0 Å². The first-order chi connectivity index (χ1) is 7.60. The van der Waals surface area contributed by atoms with E-state index in [0.717, 1.165) is 0 Å². The van der Waals surface area contributed by atoms with Gasteiger partial charge in [0.2, 0.25) is 0 Å². The van der Waals surface area contributed by atoms with Gasteiger partial charge in [-0.1, -0.05) is 18.7 Å². The summed E-state index contributed by atoms with van der Waals surface area (Å²) in [6.45, 7) is 3.60. The molecule has 0 aromatic heterocycles. The van der Waals surface area contributed by atoms with E-state index < -0.39 is 11.9 Å². The van der Waals surface area contributed by atoms with E-state index in [-0.39, 0.29) is 5.57 Å². The van der Waals surface area contributed by atoms with Crippen molar-refractivity contribution in [1.82, 2.24) is 0 Å². The molecule has 0 spiro atoms. The molecule has 0 N–H and O–H groups in total. The molecule has 4 heteroatoms. The summed E-state index contributed by atoms with van der Waals surface area (Å²) in [5, 5.41) is 0. The molecule has 0 atom stereocenters. The third-order valence-corrected chi connectivity index (χ3v) is 2.09. The highest BCUT2D eigenvalue weighted by atomic mass is 16.5. The number of carbonyl (C=O) groups is 2. The van der Waals surface area contributed by atoms with Crippen LogP contribution >= 0.6 is 0 Å². The van der Waals surface area contributed by atoms with E-state index in [9.17, 15) is 9.59 Å². The van der Waals surface area contributed by atoms with Crippen molar-refractivity contribution in [1.29, 1.82) is 0 Å². The van der Waals surface area contributed by atoms with Crippen LogP contribution < -0.4 is 0 Å². The molecule has 16 heavy (non-hydrogen) atoms. The molecule has 4 nitrogen and oxygen atoms in total. The highest BCUT2D eigenvalue weighted by molar-refractivity contribution is 6.15. The minimum atomic E-state index is -0.495. The monoisotopic (exact) mass is 220 g/mol. The first-order valence-electron chi connectivity index (χ1n) is 4.56. The van der Waals surface area contributed by atoms with Gasteiger partial charge in [0.05, 0.1) is 25.4 Å². The van der Waals surface area contributed by atoms with E-state index in [1.165, 1.54) is 14.2 Å². The van der Waals surface area contributed by atoms with Crippen LogP contribution in [0.1, 0.15) is 15.9 Å². The number of ether oxygens (including phenoxy) is 2. The van der Waals surface area contributed by atoms with Crippen LogP contribution in [0.4, 0.5) is 0 Å². The van der Waals surface area contributed by atoms with Crippen molar-refractivity contribution in [3.8, 4) is 0 Å².